The zero-order valence-corrected chi connectivity index (χ0v) is 35.7. The van der Waals surface area contributed by atoms with E-state index in [1.54, 1.807) is 0 Å². The Morgan fingerprint density at radius 1 is 0.778 bits per heavy atom. The molecule has 8 aromatic rings. The van der Waals surface area contributed by atoms with Crippen molar-refractivity contribution in [1.29, 1.82) is 0 Å². The van der Waals surface area contributed by atoms with Gasteiger partial charge >= 0.3 is 0 Å². The van der Waals surface area contributed by atoms with Gasteiger partial charge in [-0.15, -0.1) is 59.7 Å². The molecular formula is C47H48IrN4OSi-2. The van der Waals surface area contributed by atoms with Crippen LogP contribution in [0.15, 0.2) is 120 Å². The second-order valence-electron chi connectivity index (χ2n) is 15.3. The largest absolute Gasteiger partial charge is 0.486 e. The summed E-state index contributed by atoms with van der Waals surface area (Å²) in [5.74, 6) is 1.98. The van der Waals surface area contributed by atoms with Crippen molar-refractivity contribution >= 4 is 46.4 Å². The Hall–Kier alpha value is -4.68. The van der Waals surface area contributed by atoms with Crippen LogP contribution in [-0.4, -0.2) is 27.6 Å². The number of nitrogens with zero attached hydrogens (tertiary/aromatic N) is 4. The first-order valence-corrected chi connectivity index (χ1v) is 22.4. The van der Waals surface area contributed by atoms with Crippen molar-refractivity contribution in [3.8, 4) is 28.3 Å². The van der Waals surface area contributed by atoms with Crippen LogP contribution < -0.4 is 5.19 Å². The molecule has 0 amide bonds. The van der Waals surface area contributed by atoms with Gasteiger partial charge in [-0.25, -0.2) is 4.98 Å². The third-order valence-electron chi connectivity index (χ3n) is 9.92. The van der Waals surface area contributed by atoms with Gasteiger partial charge in [0, 0.05) is 49.0 Å². The van der Waals surface area contributed by atoms with Crippen LogP contribution in [-0.2, 0) is 26.5 Å². The molecule has 277 valence electrons. The Bertz CT molecular complexity index is 2480. The van der Waals surface area contributed by atoms with Gasteiger partial charge in [0.1, 0.15) is 0 Å². The zero-order chi connectivity index (χ0) is 37.1. The zero-order valence-electron chi connectivity index (χ0n) is 32.3. The van der Waals surface area contributed by atoms with E-state index in [0.29, 0.717) is 17.5 Å². The minimum atomic E-state index is -1.34. The number of hydrogen-bond donors (Lipinski definition) is 0. The summed E-state index contributed by atoms with van der Waals surface area (Å²) < 4.78 is 8.32. The molecule has 4 aromatic heterocycles. The molecule has 0 N–H and O–H groups in total. The molecule has 0 saturated heterocycles. The van der Waals surface area contributed by atoms with Crippen LogP contribution in [0.5, 0.6) is 0 Å². The topological polar surface area (TPSA) is 56.7 Å². The van der Waals surface area contributed by atoms with E-state index in [1.807, 2.05) is 60.7 Å². The first-order valence-electron chi connectivity index (χ1n) is 18.9. The van der Waals surface area contributed by atoms with E-state index in [9.17, 15) is 0 Å². The van der Waals surface area contributed by atoms with Gasteiger partial charge in [-0.3, -0.25) is 4.98 Å². The average molecular weight is 905 g/mol. The van der Waals surface area contributed by atoms with Crippen LogP contribution in [0.25, 0.3) is 61.4 Å². The second kappa shape index (κ2) is 16.8. The molecule has 0 aliphatic heterocycles. The average Bonchev–Trinajstić information content (AvgIpc) is 3.74. The van der Waals surface area contributed by atoms with Gasteiger partial charge < -0.3 is 14.0 Å². The molecule has 0 aliphatic carbocycles. The van der Waals surface area contributed by atoms with Crippen molar-refractivity contribution in [1.82, 2.24) is 19.5 Å². The summed E-state index contributed by atoms with van der Waals surface area (Å²) in [5.41, 5.74) is 10.2. The van der Waals surface area contributed by atoms with Crippen LogP contribution in [0.4, 0.5) is 0 Å². The van der Waals surface area contributed by atoms with Gasteiger partial charge in [0.15, 0.2) is 0 Å². The van der Waals surface area contributed by atoms with E-state index in [2.05, 4.69) is 124 Å². The summed E-state index contributed by atoms with van der Waals surface area (Å²) in [6.07, 6.45) is 5.38. The molecule has 4 heterocycles. The van der Waals surface area contributed by atoms with E-state index < -0.39 is 8.07 Å². The predicted octanol–water partition coefficient (Wildman–Crippen LogP) is 12.0. The Morgan fingerprint density at radius 2 is 1.52 bits per heavy atom. The van der Waals surface area contributed by atoms with Crippen LogP contribution in [0.2, 0.25) is 19.6 Å². The number of pyridine rings is 2. The van der Waals surface area contributed by atoms with E-state index in [1.165, 1.54) is 10.8 Å². The van der Waals surface area contributed by atoms with Gasteiger partial charge in [0.25, 0.3) is 0 Å². The first-order chi connectivity index (χ1) is 25.6. The quantitative estimate of drug-likeness (QED) is 0.107. The van der Waals surface area contributed by atoms with Crippen LogP contribution in [0.1, 0.15) is 57.7 Å². The van der Waals surface area contributed by atoms with Gasteiger partial charge in [0.05, 0.1) is 30.5 Å². The Kier molecular flexibility index (Phi) is 12.1. The van der Waals surface area contributed by atoms with Crippen LogP contribution in [0.3, 0.4) is 0 Å². The smallest absolute Gasteiger partial charge is 0.216 e. The summed E-state index contributed by atoms with van der Waals surface area (Å²) in [7, 11) is -1.34. The molecule has 0 fully saturated rings. The van der Waals surface area contributed by atoms with Crippen LogP contribution in [0, 0.1) is 18.1 Å². The van der Waals surface area contributed by atoms with Gasteiger partial charge in [0.2, 0.25) is 5.71 Å². The number of benzene rings is 4. The maximum absolute atomic E-state index is 6.13. The normalized spacial score (nSPS) is 11.6. The molecule has 0 spiro atoms. The molecule has 1 radical (unpaired) electrons. The predicted molar refractivity (Wildman–Crippen MR) is 224 cm³/mol. The van der Waals surface area contributed by atoms with Crippen molar-refractivity contribution in [2.75, 3.05) is 0 Å². The fraction of sp³-hybridized carbons (Fsp3) is 0.255. The van der Waals surface area contributed by atoms with Gasteiger partial charge in [-0.05, 0) is 72.5 Å². The Labute approximate surface area is 334 Å². The summed E-state index contributed by atoms with van der Waals surface area (Å²) in [5, 5.41) is 3.55. The van der Waals surface area contributed by atoms with E-state index in [0.717, 1.165) is 80.7 Å². The summed E-state index contributed by atoms with van der Waals surface area (Å²) in [6, 6.07) is 43.9. The molecule has 0 bridgehead atoms. The van der Waals surface area contributed by atoms with Crippen molar-refractivity contribution in [3.63, 3.8) is 0 Å². The number of imidazole rings is 1. The molecular weight excluding hydrogens is 857 g/mol. The standard InChI is InChI=1S/C29H24N3O.C18H24NSi.Ir/c1-3-19(4-2)24-16-15-22-23-18-20(14-17-27(23)33-29(22)31-24)28-30-25-12-8-9-13-26(25)32(28)21-10-6-5-7-11-21;1-14(2)11-16-12-17(15-9-7-6-8-10-15)19-13-18(16)20(3,4)5;/h5-13,15-19H,3-4H2,1-2H3;6-9,12-14H,11H2,1-5H3;/q2*-1;. The fourth-order valence-corrected chi connectivity index (χ4v) is 8.79. The summed E-state index contributed by atoms with van der Waals surface area (Å²) in [6.45, 7) is 16.1. The number of rotatable bonds is 9. The molecule has 8 rings (SSSR count). The maximum Gasteiger partial charge on any atom is 0.216 e. The minimum Gasteiger partial charge on any atom is -0.486 e. The third kappa shape index (κ3) is 8.19. The SMILES string of the molecule is CC(C)Cc1cc(-c2[c-]cccc2)ncc1[Si](C)(C)C.CCC(CC)c1ccc2c(n1)oc1c[c-]c(-c3nc4ccccc4n3-c3ccccc3)cc12.[Ir]. The van der Waals surface area contributed by atoms with Gasteiger partial charge in [-0.1, -0.05) is 94.7 Å². The van der Waals surface area contributed by atoms with E-state index in [-0.39, 0.29) is 20.1 Å². The molecule has 5 nitrogen and oxygen atoms in total. The molecule has 54 heavy (non-hydrogen) atoms. The number of hydrogen-bond acceptors (Lipinski definition) is 4. The van der Waals surface area contributed by atoms with Crippen molar-refractivity contribution < 1.29 is 24.5 Å². The van der Waals surface area contributed by atoms with Crippen molar-refractivity contribution in [3.05, 3.63) is 139 Å². The molecule has 0 atom stereocenters. The minimum absolute atomic E-state index is 0. The van der Waals surface area contributed by atoms with E-state index in [4.69, 9.17) is 14.4 Å². The van der Waals surface area contributed by atoms with Gasteiger partial charge in [-0.2, -0.15) is 0 Å². The number of para-hydroxylation sites is 3. The molecule has 7 heteroatoms. The Balaban J connectivity index is 0.000000205. The first kappa shape index (κ1) is 39.0. The number of furan rings is 1. The molecule has 0 saturated carbocycles. The Morgan fingerprint density at radius 3 is 2.22 bits per heavy atom. The second-order valence-corrected chi connectivity index (χ2v) is 20.3. The summed E-state index contributed by atoms with van der Waals surface area (Å²) >= 11 is 0. The monoisotopic (exact) mass is 905 g/mol. The van der Waals surface area contributed by atoms with Crippen molar-refractivity contribution in [2.45, 2.75) is 72.5 Å². The number of fused-ring (bicyclic) bond motifs is 4. The fourth-order valence-electron chi connectivity index (χ4n) is 7.20. The van der Waals surface area contributed by atoms with E-state index >= 15 is 0 Å². The maximum atomic E-state index is 6.13. The summed E-state index contributed by atoms with van der Waals surface area (Å²) in [4.78, 5) is 14.5. The molecule has 4 aromatic carbocycles. The number of aromatic nitrogens is 4. The molecule has 0 aliphatic rings. The molecule has 0 unspecified atom stereocenters. The van der Waals surface area contributed by atoms with Crippen molar-refractivity contribution in [2.24, 2.45) is 5.92 Å². The van der Waals surface area contributed by atoms with Crippen LogP contribution >= 0.6 is 0 Å². The third-order valence-corrected chi connectivity index (χ3v) is 12.0.